The first-order valence-corrected chi connectivity index (χ1v) is 4.96. The summed E-state index contributed by atoms with van der Waals surface area (Å²) in [5.74, 6) is 0. The van der Waals surface area contributed by atoms with Gasteiger partial charge in [-0.2, -0.15) is 0 Å². The summed E-state index contributed by atoms with van der Waals surface area (Å²) in [6, 6.07) is 7.85. The van der Waals surface area contributed by atoms with Crippen molar-refractivity contribution in [3.8, 4) is 0 Å². The first-order chi connectivity index (χ1) is 5.20. The molecule has 1 N–H and O–H groups in total. The third kappa shape index (κ3) is 2.93. The lowest BCUT2D eigenvalue weighted by atomic mass is 10.2. The quantitative estimate of drug-likeness (QED) is 0.826. The molecule has 11 heavy (non-hydrogen) atoms. The van der Waals surface area contributed by atoms with E-state index >= 15 is 0 Å². The Balaban J connectivity index is 2.78. The number of alkyl halides is 1. The maximum atomic E-state index is 9.03. The Labute approximate surface area is 82.7 Å². The van der Waals surface area contributed by atoms with Crippen molar-refractivity contribution in [3.63, 3.8) is 0 Å². The molecule has 0 spiro atoms. The highest BCUT2D eigenvalue weighted by atomic mass is 79.9. The van der Waals surface area contributed by atoms with Crippen LogP contribution in [-0.4, -0.2) is 10.1 Å². The molecule has 0 aliphatic heterocycles. The Bertz CT molecular complexity index is 235. The maximum Gasteiger partial charge on any atom is 0.113 e. The average Bonchev–Trinajstić information content (AvgIpc) is 1.93. The van der Waals surface area contributed by atoms with Gasteiger partial charge in [0.25, 0.3) is 0 Å². The van der Waals surface area contributed by atoms with E-state index in [1.54, 1.807) is 0 Å². The van der Waals surface area contributed by atoms with Crippen molar-refractivity contribution < 1.29 is 5.11 Å². The van der Waals surface area contributed by atoms with Crippen molar-refractivity contribution in [2.45, 2.75) is 11.4 Å². The lowest BCUT2D eigenvalue weighted by molar-refractivity contribution is 0.271. The highest BCUT2D eigenvalue weighted by Crippen LogP contribution is 2.18. The van der Waals surface area contributed by atoms with Gasteiger partial charge in [0.05, 0.1) is 0 Å². The molecule has 1 rings (SSSR count). The first-order valence-electron chi connectivity index (χ1n) is 3.25. The second-order valence-electron chi connectivity index (χ2n) is 2.23. The number of aliphatic hydroxyl groups is 1. The van der Waals surface area contributed by atoms with Gasteiger partial charge in [-0.25, -0.2) is 0 Å². The highest BCUT2D eigenvalue weighted by molar-refractivity contribution is 9.10. The van der Waals surface area contributed by atoms with Gasteiger partial charge in [-0.3, -0.25) is 0 Å². The predicted molar refractivity (Wildman–Crippen MR) is 52.8 cm³/mol. The molecule has 0 saturated carbocycles. The Morgan fingerprint density at radius 3 is 2.55 bits per heavy atom. The van der Waals surface area contributed by atoms with Crippen LogP contribution in [0.1, 0.15) is 5.56 Å². The van der Waals surface area contributed by atoms with E-state index in [9.17, 15) is 0 Å². The molecule has 0 aliphatic carbocycles. The van der Waals surface area contributed by atoms with Crippen LogP contribution in [0, 0.1) is 0 Å². The molecule has 0 radical (unpaired) electrons. The van der Waals surface area contributed by atoms with E-state index in [2.05, 4.69) is 31.9 Å². The molecule has 0 amide bonds. The fraction of sp³-hybridized carbons (Fsp3) is 0.250. The summed E-state index contributed by atoms with van der Waals surface area (Å²) < 4.78 is 1.04. The van der Waals surface area contributed by atoms with Gasteiger partial charge in [0.2, 0.25) is 0 Å². The van der Waals surface area contributed by atoms with Crippen LogP contribution in [0.25, 0.3) is 0 Å². The summed E-state index contributed by atoms with van der Waals surface area (Å²) >= 11 is 6.47. The Morgan fingerprint density at radius 1 is 1.36 bits per heavy atom. The fourth-order valence-corrected chi connectivity index (χ4v) is 1.64. The zero-order chi connectivity index (χ0) is 8.27. The van der Waals surface area contributed by atoms with Gasteiger partial charge in [-0.05, 0) is 11.6 Å². The Kier molecular flexibility index (Phi) is 3.55. The monoisotopic (exact) mass is 278 g/mol. The van der Waals surface area contributed by atoms with Crippen molar-refractivity contribution in [2.75, 3.05) is 0 Å². The highest BCUT2D eigenvalue weighted by Gasteiger charge is 2.02. The van der Waals surface area contributed by atoms with Gasteiger partial charge in [-0.1, -0.05) is 50.1 Å². The second-order valence-corrected chi connectivity index (χ2v) is 4.14. The number of hydrogen-bond acceptors (Lipinski definition) is 1. The van der Waals surface area contributed by atoms with Crippen molar-refractivity contribution >= 4 is 31.9 Å². The molecule has 0 aromatic heterocycles. The molecule has 0 fully saturated rings. The summed E-state index contributed by atoms with van der Waals surface area (Å²) in [7, 11) is 0. The van der Waals surface area contributed by atoms with Gasteiger partial charge in [-0.15, -0.1) is 0 Å². The number of aliphatic hydroxyl groups excluding tert-OH is 1. The molecule has 0 bridgehead atoms. The third-order valence-electron chi connectivity index (χ3n) is 1.35. The smallest absolute Gasteiger partial charge is 0.113 e. The van der Waals surface area contributed by atoms with Crippen LogP contribution >= 0.6 is 31.9 Å². The molecule has 60 valence electrons. The number of benzene rings is 1. The first kappa shape index (κ1) is 9.23. The lowest BCUT2D eigenvalue weighted by Crippen LogP contribution is -2.00. The fourth-order valence-electron chi connectivity index (χ4n) is 0.845. The van der Waals surface area contributed by atoms with E-state index < -0.39 is 5.01 Å². The van der Waals surface area contributed by atoms with Crippen LogP contribution in [-0.2, 0) is 6.42 Å². The predicted octanol–water partition coefficient (Wildman–Crippen LogP) is 2.70. The Morgan fingerprint density at radius 2 is 2.00 bits per heavy atom. The minimum absolute atomic E-state index is 0.457. The largest absolute Gasteiger partial charge is 0.382 e. The van der Waals surface area contributed by atoms with Gasteiger partial charge < -0.3 is 5.11 Å². The van der Waals surface area contributed by atoms with Crippen LogP contribution in [0.3, 0.4) is 0 Å². The van der Waals surface area contributed by atoms with Crippen molar-refractivity contribution in [3.05, 3.63) is 34.3 Å². The molecule has 0 aliphatic rings. The van der Waals surface area contributed by atoms with Gasteiger partial charge in [0.15, 0.2) is 0 Å². The molecule has 1 aromatic carbocycles. The minimum atomic E-state index is -0.457. The van der Waals surface area contributed by atoms with E-state index in [-0.39, 0.29) is 0 Å². The van der Waals surface area contributed by atoms with Gasteiger partial charge in [0, 0.05) is 10.9 Å². The zero-order valence-corrected chi connectivity index (χ0v) is 8.97. The number of halogens is 2. The van der Waals surface area contributed by atoms with Crippen LogP contribution in [0.15, 0.2) is 28.7 Å². The second kappa shape index (κ2) is 4.24. The molecule has 1 nitrogen and oxygen atoms in total. The molecule has 1 atom stereocenters. The number of hydrogen-bond donors (Lipinski definition) is 1. The zero-order valence-electron chi connectivity index (χ0n) is 5.80. The Hall–Kier alpha value is 0.140. The summed E-state index contributed by atoms with van der Waals surface area (Å²) in [6.07, 6.45) is 0.626. The summed E-state index contributed by atoms with van der Waals surface area (Å²) in [4.78, 5) is 0. The molecule has 1 unspecified atom stereocenters. The molecule has 3 heteroatoms. The third-order valence-corrected chi connectivity index (χ3v) is 2.44. The lowest BCUT2D eigenvalue weighted by Gasteiger charge is -2.04. The van der Waals surface area contributed by atoms with E-state index in [1.807, 2.05) is 24.3 Å². The van der Waals surface area contributed by atoms with Crippen LogP contribution in [0.5, 0.6) is 0 Å². The summed E-state index contributed by atoms with van der Waals surface area (Å²) in [6.45, 7) is 0. The number of rotatable bonds is 2. The average molecular weight is 280 g/mol. The minimum Gasteiger partial charge on any atom is -0.382 e. The molecule has 1 aromatic rings. The standard InChI is InChI=1S/C8H8Br2O/c9-7-4-2-1-3-6(7)5-8(10)11/h1-4,8,11H,5H2. The van der Waals surface area contributed by atoms with Gasteiger partial charge in [0.1, 0.15) is 5.01 Å². The summed E-state index contributed by atoms with van der Waals surface area (Å²) in [5, 5.41) is 8.57. The van der Waals surface area contributed by atoms with Crippen molar-refractivity contribution in [2.24, 2.45) is 0 Å². The van der Waals surface area contributed by atoms with Crippen LogP contribution in [0.2, 0.25) is 0 Å². The van der Waals surface area contributed by atoms with E-state index in [0.717, 1.165) is 10.0 Å². The SMILES string of the molecule is OC(Br)Cc1ccccc1Br. The normalized spacial score (nSPS) is 13.0. The van der Waals surface area contributed by atoms with E-state index in [1.165, 1.54) is 0 Å². The molecular weight excluding hydrogens is 272 g/mol. The topological polar surface area (TPSA) is 20.2 Å². The van der Waals surface area contributed by atoms with Gasteiger partial charge >= 0.3 is 0 Å². The van der Waals surface area contributed by atoms with E-state index in [4.69, 9.17) is 5.11 Å². The van der Waals surface area contributed by atoms with Crippen molar-refractivity contribution in [1.29, 1.82) is 0 Å². The van der Waals surface area contributed by atoms with E-state index in [0.29, 0.717) is 6.42 Å². The maximum absolute atomic E-state index is 9.03. The van der Waals surface area contributed by atoms with Crippen LogP contribution in [0.4, 0.5) is 0 Å². The summed E-state index contributed by atoms with van der Waals surface area (Å²) in [5.41, 5.74) is 1.11. The molecule has 0 saturated heterocycles. The van der Waals surface area contributed by atoms with Crippen molar-refractivity contribution in [1.82, 2.24) is 0 Å². The molecule has 0 heterocycles. The van der Waals surface area contributed by atoms with Crippen LogP contribution < -0.4 is 0 Å². The molecular formula is C8H8Br2O.